The van der Waals surface area contributed by atoms with Gasteiger partial charge in [-0.2, -0.15) is 0 Å². The van der Waals surface area contributed by atoms with Crippen LogP contribution in [0.1, 0.15) is 6.92 Å². The highest BCUT2D eigenvalue weighted by Gasteiger charge is 1.25. The summed E-state index contributed by atoms with van der Waals surface area (Å²) >= 11 is 0. The third-order valence-corrected chi connectivity index (χ3v) is 0.144. The van der Waals surface area contributed by atoms with E-state index < -0.39 is 0 Å². The molecule has 0 amide bonds. The van der Waals surface area contributed by atoms with Crippen LogP contribution in [0.3, 0.4) is 0 Å². The Morgan fingerprint density at radius 2 is 1.80 bits per heavy atom. The maximum atomic E-state index is 4.67. The minimum Gasteiger partial charge on any atom is -0.359 e. The Labute approximate surface area is 30.5 Å². The van der Waals surface area contributed by atoms with Crippen LogP contribution in [-0.2, 0) is 0 Å². The van der Waals surface area contributed by atoms with E-state index in [2.05, 4.69) is 17.7 Å². The van der Waals surface area contributed by atoms with Crippen molar-refractivity contribution in [2.45, 2.75) is 6.92 Å². The lowest BCUT2D eigenvalue weighted by molar-refractivity contribution is 1.11. The maximum Gasteiger partial charge on any atom is 0.00118 e. The molecule has 0 aromatic carbocycles. The molecule has 0 unspecified atom stereocenters. The first-order valence-electron chi connectivity index (χ1n) is 1.04. The number of hydrogen-bond donors (Lipinski definition) is 1. The summed E-state index contributed by atoms with van der Waals surface area (Å²) in [6.07, 6.45) is 0. The van der Waals surface area contributed by atoms with Crippen LogP contribution in [0, 0.1) is 12.0 Å². The van der Waals surface area contributed by atoms with Crippen molar-refractivity contribution in [3.63, 3.8) is 0 Å². The lowest BCUT2D eigenvalue weighted by Gasteiger charge is -1.44. The maximum absolute atomic E-state index is 4.67. The summed E-state index contributed by atoms with van der Waals surface area (Å²) in [4.78, 5) is 0. The summed E-state index contributed by atoms with van der Waals surface area (Å²) in [6.45, 7) is 1.69. The molecule has 1 nitrogen and oxygen atoms in total. The average molecular weight is 75.1 g/mol. The van der Waals surface area contributed by atoms with Crippen molar-refractivity contribution in [3.8, 4) is 12.0 Å². The normalized spacial score (nSPS) is 2.60. The second kappa shape index (κ2) is 10.4. The Bertz CT molecular complexity index is 43.6. The van der Waals surface area contributed by atoms with Gasteiger partial charge in [0.15, 0.2) is 0 Å². The molecule has 0 aliphatic carbocycles. The van der Waals surface area contributed by atoms with E-state index in [1.807, 2.05) is 0 Å². The van der Waals surface area contributed by atoms with Gasteiger partial charge in [-0.25, -0.2) is 0 Å². The predicted octanol–water partition coefficient (Wildman–Crippen LogP) is 0.0784. The van der Waals surface area contributed by atoms with Crippen LogP contribution in [0.2, 0.25) is 0 Å². The van der Waals surface area contributed by atoms with Crippen LogP contribution < -0.4 is 5.73 Å². The zero-order chi connectivity index (χ0) is 3.41. The van der Waals surface area contributed by atoms with Crippen LogP contribution in [0.25, 0.3) is 0 Å². The van der Waals surface area contributed by atoms with Crippen molar-refractivity contribution in [2.75, 3.05) is 0 Å². The first-order chi connectivity index (χ1) is 1.91. The fraction of sp³-hybridized carbons (Fsp3) is 0.333. The molecule has 5 heavy (non-hydrogen) atoms. The van der Waals surface area contributed by atoms with Gasteiger partial charge in [0.25, 0.3) is 0 Å². The molecule has 0 aromatic rings. The lowest BCUT2D eigenvalue weighted by atomic mass is 10.8. The van der Waals surface area contributed by atoms with Gasteiger partial charge < -0.3 is 5.73 Å². The van der Waals surface area contributed by atoms with Crippen molar-refractivity contribution in [3.05, 3.63) is 0 Å². The van der Waals surface area contributed by atoms with Gasteiger partial charge in [-0.05, 0) is 6.92 Å². The van der Waals surface area contributed by atoms with Crippen molar-refractivity contribution in [1.82, 2.24) is 0 Å². The molecule has 0 bridgehead atoms. The van der Waals surface area contributed by atoms with E-state index in [0.717, 1.165) is 0 Å². The summed E-state index contributed by atoms with van der Waals surface area (Å²) in [5, 5.41) is 0. The second-order valence-electron chi connectivity index (χ2n) is 0.394. The van der Waals surface area contributed by atoms with Crippen molar-refractivity contribution in [1.29, 1.82) is 0 Å². The van der Waals surface area contributed by atoms with E-state index in [1.54, 1.807) is 6.92 Å². The van der Waals surface area contributed by atoms with Gasteiger partial charge in [-0.15, -0.1) is 0 Å². The van der Waals surface area contributed by atoms with Crippen molar-refractivity contribution in [2.24, 2.45) is 5.73 Å². The highest BCUT2D eigenvalue weighted by atomic mass is 19.0. The molecule has 0 aromatic heterocycles. The highest BCUT2D eigenvalue weighted by Crippen LogP contribution is 1.28. The molecule has 0 spiro atoms. The molecule has 2 N–H and O–H groups in total. The van der Waals surface area contributed by atoms with E-state index in [4.69, 9.17) is 0 Å². The van der Waals surface area contributed by atoms with Gasteiger partial charge in [0.2, 0.25) is 0 Å². The topological polar surface area (TPSA) is 26.0 Å². The standard InChI is InChI=1S/C3H5N.FH/c1-2-3-4;/h4H2,1H3;1H. The summed E-state index contributed by atoms with van der Waals surface area (Å²) in [6, 6.07) is 2.18. The molecule has 0 radical (unpaired) electrons. The Hall–Kier alpha value is -0.710. The minimum atomic E-state index is 0. The molecule has 2 heteroatoms. The number of halogens is 1. The SMILES string of the molecule is CC#CN.F. The molecule has 0 atom stereocenters. The van der Waals surface area contributed by atoms with E-state index in [9.17, 15) is 0 Å². The molecule has 0 saturated heterocycles. The third kappa shape index (κ3) is 65.1. The van der Waals surface area contributed by atoms with Crippen LogP contribution in [0.4, 0.5) is 4.70 Å². The van der Waals surface area contributed by atoms with E-state index in [0.29, 0.717) is 0 Å². The second-order valence-corrected chi connectivity index (χ2v) is 0.394. The fourth-order valence-electron chi connectivity index (χ4n) is 0. The number of hydrogen-bond acceptors (Lipinski definition) is 1. The molecule has 0 aliphatic rings. The van der Waals surface area contributed by atoms with E-state index in [-0.39, 0.29) is 4.70 Å². The van der Waals surface area contributed by atoms with Crippen molar-refractivity contribution < 1.29 is 4.70 Å². The fourth-order valence-corrected chi connectivity index (χ4v) is 0. The van der Waals surface area contributed by atoms with Gasteiger partial charge in [-0.1, -0.05) is 5.92 Å². The lowest BCUT2D eigenvalue weighted by Crippen LogP contribution is -1.72. The van der Waals surface area contributed by atoms with Gasteiger partial charge in [-0.3, -0.25) is 4.70 Å². The van der Waals surface area contributed by atoms with E-state index >= 15 is 0 Å². The third-order valence-electron chi connectivity index (χ3n) is 0.144. The van der Waals surface area contributed by atoms with Crippen molar-refractivity contribution >= 4 is 0 Å². The van der Waals surface area contributed by atoms with Gasteiger partial charge in [0.1, 0.15) is 0 Å². The first kappa shape index (κ1) is 8.85. The molecule has 0 heterocycles. The van der Waals surface area contributed by atoms with Crippen LogP contribution in [-0.4, -0.2) is 0 Å². The zero-order valence-electron chi connectivity index (χ0n) is 2.99. The monoisotopic (exact) mass is 75.0 g/mol. The summed E-state index contributed by atoms with van der Waals surface area (Å²) in [7, 11) is 0. The zero-order valence-corrected chi connectivity index (χ0v) is 2.99. The summed E-state index contributed by atoms with van der Waals surface area (Å²) in [5.74, 6) is 2.46. The van der Waals surface area contributed by atoms with Crippen LogP contribution in [0.15, 0.2) is 0 Å². The molecular weight excluding hydrogens is 69.0 g/mol. The largest absolute Gasteiger partial charge is 0.359 e. The molecule has 0 saturated carbocycles. The molecule has 0 aliphatic heterocycles. The molecular formula is C3H6FN. The Morgan fingerprint density at radius 1 is 1.60 bits per heavy atom. The van der Waals surface area contributed by atoms with E-state index in [1.165, 1.54) is 0 Å². The predicted molar refractivity (Wildman–Crippen MR) is 20.1 cm³/mol. The Morgan fingerprint density at radius 3 is 1.80 bits per heavy atom. The molecule has 30 valence electrons. The highest BCUT2D eigenvalue weighted by molar-refractivity contribution is 4.87. The van der Waals surface area contributed by atoms with Gasteiger partial charge in [0.05, 0.1) is 0 Å². The van der Waals surface area contributed by atoms with Crippen LogP contribution >= 0.6 is 0 Å². The Kier molecular flexibility index (Phi) is 18.4. The first-order valence-corrected chi connectivity index (χ1v) is 1.04. The number of nitrogens with two attached hydrogens (primary N) is 1. The smallest absolute Gasteiger partial charge is 0.00118 e. The Balaban J connectivity index is 0. The number of rotatable bonds is 0. The van der Waals surface area contributed by atoms with Crippen LogP contribution in [0.5, 0.6) is 0 Å². The minimum absolute atomic E-state index is 0. The summed E-state index contributed by atoms with van der Waals surface area (Å²) in [5.41, 5.74) is 4.67. The molecule has 0 fully saturated rings. The molecule has 0 rings (SSSR count). The van der Waals surface area contributed by atoms with Gasteiger partial charge >= 0.3 is 0 Å². The average Bonchev–Trinajstić information content (AvgIpc) is 1.37. The summed E-state index contributed by atoms with van der Waals surface area (Å²) < 4.78 is 0. The quantitative estimate of drug-likeness (QED) is 0.320. The van der Waals surface area contributed by atoms with Gasteiger partial charge in [0, 0.05) is 6.04 Å².